The number of hydrogen-bond donors (Lipinski definition) is 0. The van der Waals surface area contributed by atoms with Crippen LogP contribution in [-0.2, 0) is 0 Å². The summed E-state index contributed by atoms with van der Waals surface area (Å²) in [7, 11) is 0. The van der Waals surface area contributed by atoms with Gasteiger partial charge in [0.1, 0.15) is 4.95 Å². The maximum atomic E-state index is 12.0. The quantitative estimate of drug-likeness (QED) is 0.555. The number of alkyl halides is 1. The smallest absolute Gasteiger partial charge is 0.255 e. The van der Waals surface area contributed by atoms with Crippen molar-refractivity contribution >= 4 is 21.8 Å². The van der Waals surface area contributed by atoms with E-state index >= 15 is 0 Å². The highest BCUT2D eigenvalue weighted by molar-refractivity contribution is 9.09. The zero-order valence-corrected chi connectivity index (χ0v) is 9.20. The van der Waals surface area contributed by atoms with Crippen molar-refractivity contribution in [3.05, 3.63) is 35.4 Å². The fraction of sp³-hybridized carbons (Fsp3) is 0.364. The molecule has 72 valence electrons. The number of fused-ring (bicyclic) bond motifs is 1. The van der Waals surface area contributed by atoms with Crippen molar-refractivity contribution in [1.82, 2.24) is 4.90 Å². The molecular weight excluding hydrogens is 242 g/mol. The van der Waals surface area contributed by atoms with Gasteiger partial charge in [-0.05, 0) is 24.5 Å². The second kappa shape index (κ2) is 2.83. The molecule has 1 aliphatic heterocycles. The molecule has 1 atom stereocenters. The van der Waals surface area contributed by atoms with E-state index in [0.29, 0.717) is 6.04 Å². The van der Waals surface area contributed by atoms with E-state index in [0.717, 1.165) is 24.0 Å². The second-order valence-corrected chi connectivity index (χ2v) is 4.73. The Kier molecular flexibility index (Phi) is 1.71. The van der Waals surface area contributed by atoms with Gasteiger partial charge in [-0.25, -0.2) is 0 Å². The lowest BCUT2D eigenvalue weighted by Gasteiger charge is -2.19. The number of rotatable bonds is 1. The second-order valence-electron chi connectivity index (χ2n) is 3.87. The van der Waals surface area contributed by atoms with E-state index in [2.05, 4.69) is 15.9 Å². The molecule has 1 aromatic rings. The van der Waals surface area contributed by atoms with Crippen molar-refractivity contribution in [3.8, 4) is 0 Å². The lowest BCUT2D eigenvalue weighted by molar-refractivity contribution is 0.0765. The molecule has 1 fully saturated rings. The van der Waals surface area contributed by atoms with Crippen LogP contribution >= 0.6 is 15.9 Å². The summed E-state index contributed by atoms with van der Waals surface area (Å²) in [6.07, 6.45) is 2.31. The van der Waals surface area contributed by atoms with Crippen molar-refractivity contribution in [2.75, 3.05) is 0 Å². The standard InChI is InChI=1S/C11H10BrNO/c12-10-8-3-1-2-4-9(8)11(14)13(10)7-5-6-7/h1-4,7,10H,5-6H2. The highest BCUT2D eigenvalue weighted by Gasteiger charge is 2.43. The Bertz CT molecular complexity index is 400. The summed E-state index contributed by atoms with van der Waals surface area (Å²) in [4.78, 5) is 14.0. The number of benzene rings is 1. The number of amides is 1. The molecule has 1 aromatic carbocycles. The zero-order chi connectivity index (χ0) is 9.71. The van der Waals surface area contributed by atoms with E-state index < -0.39 is 0 Å². The monoisotopic (exact) mass is 251 g/mol. The minimum atomic E-state index is 0.0960. The first kappa shape index (κ1) is 8.48. The summed E-state index contributed by atoms with van der Waals surface area (Å²) in [5.74, 6) is 0.185. The predicted octanol–water partition coefficient (Wildman–Crippen LogP) is 2.70. The molecular formula is C11H10BrNO. The van der Waals surface area contributed by atoms with Crippen LogP contribution in [-0.4, -0.2) is 16.8 Å². The first-order chi connectivity index (χ1) is 6.79. The molecule has 3 heteroatoms. The molecule has 0 spiro atoms. The van der Waals surface area contributed by atoms with Crippen molar-refractivity contribution < 1.29 is 4.79 Å². The average molecular weight is 252 g/mol. The molecule has 1 aliphatic carbocycles. The number of nitrogens with zero attached hydrogens (tertiary/aromatic N) is 1. The SMILES string of the molecule is O=C1c2ccccc2C(Br)N1C1CC1. The molecule has 2 nitrogen and oxygen atoms in total. The summed E-state index contributed by atoms with van der Waals surface area (Å²) in [6, 6.07) is 8.31. The van der Waals surface area contributed by atoms with Gasteiger partial charge < -0.3 is 4.90 Å². The van der Waals surface area contributed by atoms with Crippen molar-refractivity contribution in [1.29, 1.82) is 0 Å². The van der Waals surface area contributed by atoms with Gasteiger partial charge in [-0.3, -0.25) is 4.79 Å². The normalized spacial score (nSPS) is 25.4. The molecule has 1 saturated carbocycles. The Morgan fingerprint density at radius 2 is 2.00 bits per heavy atom. The van der Waals surface area contributed by atoms with E-state index in [9.17, 15) is 4.79 Å². The first-order valence-corrected chi connectivity index (χ1v) is 5.76. The van der Waals surface area contributed by atoms with Crippen LogP contribution in [0.3, 0.4) is 0 Å². The van der Waals surface area contributed by atoms with Crippen LogP contribution < -0.4 is 0 Å². The molecule has 0 N–H and O–H groups in total. The van der Waals surface area contributed by atoms with E-state index in [4.69, 9.17) is 0 Å². The Labute approximate surface area is 91.0 Å². The third-order valence-electron chi connectivity index (χ3n) is 2.87. The molecule has 2 aliphatic rings. The number of hydrogen-bond acceptors (Lipinski definition) is 1. The van der Waals surface area contributed by atoms with Crippen LogP contribution in [0.25, 0.3) is 0 Å². The highest BCUT2D eigenvalue weighted by atomic mass is 79.9. The van der Waals surface area contributed by atoms with Crippen LogP contribution in [0.15, 0.2) is 24.3 Å². The van der Waals surface area contributed by atoms with Crippen molar-refractivity contribution in [3.63, 3.8) is 0 Å². The number of carbonyl (C=O) groups is 1. The van der Waals surface area contributed by atoms with Gasteiger partial charge in [0, 0.05) is 11.6 Å². The van der Waals surface area contributed by atoms with Gasteiger partial charge in [-0.15, -0.1) is 0 Å². The molecule has 0 bridgehead atoms. The molecule has 3 rings (SSSR count). The Balaban J connectivity index is 2.07. The van der Waals surface area contributed by atoms with Crippen LogP contribution in [0.5, 0.6) is 0 Å². The molecule has 0 saturated heterocycles. The van der Waals surface area contributed by atoms with Gasteiger partial charge in [0.15, 0.2) is 0 Å². The van der Waals surface area contributed by atoms with Gasteiger partial charge in [-0.1, -0.05) is 34.1 Å². The fourth-order valence-electron chi connectivity index (χ4n) is 1.99. The van der Waals surface area contributed by atoms with Crippen molar-refractivity contribution in [2.24, 2.45) is 0 Å². The van der Waals surface area contributed by atoms with Crippen molar-refractivity contribution in [2.45, 2.75) is 23.8 Å². The van der Waals surface area contributed by atoms with Gasteiger partial charge >= 0.3 is 0 Å². The van der Waals surface area contributed by atoms with Gasteiger partial charge in [-0.2, -0.15) is 0 Å². The van der Waals surface area contributed by atoms with Crippen LogP contribution in [0.2, 0.25) is 0 Å². The third-order valence-corrected chi connectivity index (χ3v) is 3.80. The maximum absolute atomic E-state index is 12.0. The minimum Gasteiger partial charge on any atom is -0.319 e. The topological polar surface area (TPSA) is 20.3 Å². The lowest BCUT2D eigenvalue weighted by Crippen LogP contribution is -2.27. The molecule has 1 unspecified atom stereocenters. The summed E-state index contributed by atoms with van der Waals surface area (Å²) < 4.78 is 0. The third kappa shape index (κ3) is 1.05. The summed E-state index contributed by atoms with van der Waals surface area (Å²) in [5, 5.41) is 0. The number of halogens is 1. The van der Waals surface area contributed by atoms with E-state index in [1.807, 2.05) is 29.2 Å². The first-order valence-electron chi connectivity index (χ1n) is 4.84. The molecule has 14 heavy (non-hydrogen) atoms. The number of carbonyl (C=O) groups excluding carboxylic acids is 1. The molecule has 1 amide bonds. The van der Waals surface area contributed by atoms with Crippen LogP contribution in [0.4, 0.5) is 0 Å². The maximum Gasteiger partial charge on any atom is 0.255 e. The minimum absolute atomic E-state index is 0.0960. The van der Waals surface area contributed by atoms with Gasteiger partial charge in [0.05, 0.1) is 0 Å². The summed E-state index contributed by atoms with van der Waals surface area (Å²) in [6.45, 7) is 0. The highest BCUT2D eigenvalue weighted by Crippen LogP contribution is 2.44. The average Bonchev–Trinajstić information content (AvgIpc) is 2.99. The Morgan fingerprint density at radius 3 is 2.64 bits per heavy atom. The molecule has 0 aromatic heterocycles. The zero-order valence-electron chi connectivity index (χ0n) is 7.61. The van der Waals surface area contributed by atoms with E-state index in [-0.39, 0.29) is 10.9 Å². The Morgan fingerprint density at radius 1 is 1.29 bits per heavy atom. The van der Waals surface area contributed by atoms with Gasteiger partial charge in [0.2, 0.25) is 0 Å². The molecule has 1 heterocycles. The summed E-state index contributed by atoms with van der Waals surface area (Å²) in [5.41, 5.74) is 1.98. The largest absolute Gasteiger partial charge is 0.319 e. The predicted molar refractivity (Wildman–Crippen MR) is 57.3 cm³/mol. The van der Waals surface area contributed by atoms with E-state index in [1.54, 1.807) is 0 Å². The Hall–Kier alpha value is -0.830. The molecule has 0 radical (unpaired) electrons. The fourth-order valence-corrected chi connectivity index (χ4v) is 2.91. The van der Waals surface area contributed by atoms with E-state index in [1.165, 1.54) is 0 Å². The van der Waals surface area contributed by atoms with Crippen LogP contribution in [0.1, 0.15) is 33.7 Å². The van der Waals surface area contributed by atoms with Gasteiger partial charge in [0.25, 0.3) is 5.91 Å². The summed E-state index contributed by atoms with van der Waals surface area (Å²) >= 11 is 3.59. The lowest BCUT2D eigenvalue weighted by atomic mass is 10.1. The van der Waals surface area contributed by atoms with Crippen LogP contribution in [0, 0.1) is 0 Å².